The van der Waals surface area contributed by atoms with Gasteiger partial charge < -0.3 is 9.57 Å². The summed E-state index contributed by atoms with van der Waals surface area (Å²) in [5.41, 5.74) is 3.01. The van der Waals surface area contributed by atoms with Crippen LogP contribution in [0.15, 0.2) is 0 Å². The van der Waals surface area contributed by atoms with Gasteiger partial charge in [0, 0.05) is 19.8 Å². The molecule has 0 fully saturated rings. The van der Waals surface area contributed by atoms with E-state index in [1.807, 2.05) is 6.92 Å². The molecule has 1 atom stereocenters. The van der Waals surface area contributed by atoms with Crippen molar-refractivity contribution in [2.24, 2.45) is 5.92 Å². The van der Waals surface area contributed by atoms with Crippen molar-refractivity contribution in [3.63, 3.8) is 0 Å². The second-order valence-electron chi connectivity index (χ2n) is 4.17. The molecule has 0 aliphatic carbocycles. The Labute approximate surface area is 101 Å². The van der Waals surface area contributed by atoms with Gasteiger partial charge in [0.05, 0.1) is 6.61 Å². The highest BCUT2D eigenvalue weighted by atomic mass is 16.6. The molecule has 3 heteroatoms. The first kappa shape index (κ1) is 15.9. The van der Waals surface area contributed by atoms with Crippen LogP contribution in [0.1, 0.15) is 52.9 Å². The maximum Gasteiger partial charge on any atom is 0.0710 e. The molecule has 0 aromatic rings. The molecule has 3 nitrogen and oxygen atoms in total. The molecule has 1 unspecified atom stereocenters. The summed E-state index contributed by atoms with van der Waals surface area (Å²) in [7, 11) is 0. The Bertz CT molecular complexity index is 131. The third-order valence-electron chi connectivity index (χ3n) is 2.74. The summed E-state index contributed by atoms with van der Waals surface area (Å²) in [6.45, 7) is 9.83. The van der Waals surface area contributed by atoms with Crippen LogP contribution in [-0.4, -0.2) is 26.4 Å². The largest absolute Gasteiger partial charge is 0.382 e. The number of nitrogens with one attached hydrogen (secondary N) is 1. The second-order valence-corrected chi connectivity index (χ2v) is 4.17. The van der Waals surface area contributed by atoms with Crippen LogP contribution in [0.4, 0.5) is 0 Å². The van der Waals surface area contributed by atoms with Crippen LogP contribution in [0.25, 0.3) is 0 Å². The van der Waals surface area contributed by atoms with Gasteiger partial charge in [0.15, 0.2) is 0 Å². The van der Waals surface area contributed by atoms with E-state index in [1.165, 1.54) is 25.7 Å². The summed E-state index contributed by atoms with van der Waals surface area (Å²) in [5, 5.41) is 0. The zero-order chi connectivity index (χ0) is 12.1. The van der Waals surface area contributed by atoms with Gasteiger partial charge in [-0.2, -0.15) is 0 Å². The molecule has 98 valence electrons. The molecular formula is C13H29NO2. The van der Waals surface area contributed by atoms with Gasteiger partial charge in [0.1, 0.15) is 0 Å². The Balaban J connectivity index is 3.20. The lowest BCUT2D eigenvalue weighted by Crippen LogP contribution is -2.21. The molecule has 0 amide bonds. The van der Waals surface area contributed by atoms with Crippen LogP contribution < -0.4 is 5.48 Å². The average molecular weight is 231 g/mol. The van der Waals surface area contributed by atoms with Crippen molar-refractivity contribution in [2.75, 3.05) is 26.4 Å². The molecule has 0 saturated heterocycles. The SMILES string of the molecule is CCCCC(CC)CONCCCOCC. The lowest BCUT2D eigenvalue weighted by Gasteiger charge is -2.14. The number of hydrogen-bond donors (Lipinski definition) is 1. The lowest BCUT2D eigenvalue weighted by atomic mass is 10.0. The zero-order valence-corrected chi connectivity index (χ0v) is 11.3. The first-order valence-corrected chi connectivity index (χ1v) is 6.77. The van der Waals surface area contributed by atoms with E-state index in [1.54, 1.807) is 0 Å². The molecule has 0 bridgehead atoms. The topological polar surface area (TPSA) is 30.5 Å². The molecule has 0 radical (unpaired) electrons. The van der Waals surface area contributed by atoms with Crippen LogP contribution in [0.2, 0.25) is 0 Å². The van der Waals surface area contributed by atoms with Gasteiger partial charge in [-0.05, 0) is 25.7 Å². The Hall–Kier alpha value is -0.120. The minimum Gasteiger partial charge on any atom is -0.382 e. The van der Waals surface area contributed by atoms with E-state index in [-0.39, 0.29) is 0 Å². The Morgan fingerprint density at radius 2 is 1.94 bits per heavy atom. The fraction of sp³-hybridized carbons (Fsp3) is 1.00. The predicted octanol–water partition coefficient (Wildman–Crippen LogP) is 3.15. The molecule has 0 aliphatic rings. The monoisotopic (exact) mass is 231 g/mol. The van der Waals surface area contributed by atoms with E-state index in [0.717, 1.165) is 32.8 Å². The second kappa shape index (κ2) is 12.9. The highest BCUT2D eigenvalue weighted by Crippen LogP contribution is 2.12. The Kier molecular flexibility index (Phi) is 12.9. The predicted molar refractivity (Wildman–Crippen MR) is 68.4 cm³/mol. The van der Waals surface area contributed by atoms with Crippen LogP contribution in [0, 0.1) is 5.92 Å². The third-order valence-corrected chi connectivity index (χ3v) is 2.74. The molecule has 0 heterocycles. The molecule has 0 aromatic heterocycles. The van der Waals surface area contributed by atoms with Crippen molar-refractivity contribution in [3.8, 4) is 0 Å². The van der Waals surface area contributed by atoms with Crippen molar-refractivity contribution in [2.45, 2.75) is 52.9 Å². The van der Waals surface area contributed by atoms with Gasteiger partial charge >= 0.3 is 0 Å². The first-order chi connectivity index (χ1) is 7.85. The van der Waals surface area contributed by atoms with Crippen LogP contribution in [0.3, 0.4) is 0 Å². The van der Waals surface area contributed by atoms with E-state index in [0.29, 0.717) is 5.92 Å². The summed E-state index contributed by atoms with van der Waals surface area (Å²) in [4.78, 5) is 5.46. The van der Waals surface area contributed by atoms with Gasteiger partial charge in [-0.25, -0.2) is 5.48 Å². The standard InChI is InChI=1S/C13H29NO2/c1-4-7-9-13(5-2)12-16-14-10-8-11-15-6-3/h13-14H,4-12H2,1-3H3. The van der Waals surface area contributed by atoms with Crippen molar-refractivity contribution >= 4 is 0 Å². The molecule has 0 saturated carbocycles. The van der Waals surface area contributed by atoms with Gasteiger partial charge in [-0.15, -0.1) is 0 Å². The fourth-order valence-electron chi connectivity index (χ4n) is 1.54. The minimum atomic E-state index is 0.708. The maximum atomic E-state index is 5.46. The van der Waals surface area contributed by atoms with Gasteiger partial charge in [0.2, 0.25) is 0 Å². The van der Waals surface area contributed by atoms with Gasteiger partial charge in [-0.3, -0.25) is 0 Å². The maximum absolute atomic E-state index is 5.46. The highest BCUT2D eigenvalue weighted by Gasteiger charge is 2.05. The molecule has 0 spiro atoms. The van der Waals surface area contributed by atoms with Crippen molar-refractivity contribution in [1.29, 1.82) is 0 Å². The number of hydrogen-bond acceptors (Lipinski definition) is 3. The van der Waals surface area contributed by atoms with E-state index in [2.05, 4.69) is 19.3 Å². The summed E-state index contributed by atoms with van der Waals surface area (Å²) >= 11 is 0. The molecule has 1 N–H and O–H groups in total. The molecule has 16 heavy (non-hydrogen) atoms. The Morgan fingerprint density at radius 3 is 2.56 bits per heavy atom. The van der Waals surface area contributed by atoms with Crippen LogP contribution in [0.5, 0.6) is 0 Å². The van der Waals surface area contributed by atoms with E-state index < -0.39 is 0 Å². The van der Waals surface area contributed by atoms with E-state index >= 15 is 0 Å². The number of ether oxygens (including phenoxy) is 1. The van der Waals surface area contributed by atoms with Gasteiger partial charge in [0.25, 0.3) is 0 Å². The minimum absolute atomic E-state index is 0.708. The summed E-state index contributed by atoms with van der Waals surface area (Å²) in [6.07, 6.45) is 6.10. The van der Waals surface area contributed by atoms with Crippen molar-refractivity contribution < 1.29 is 9.57 Å². The molecular weight excluding hydrogens is 202 g/mol. The number of unbranched alkanes of at least 4 members (excludes halogenated alkanes) is 1. The first-order valence-electron chi connectivity index (χ1n) is 6.77. The normalized spacial score (nSPS) is 12.9. The zero-order valence-electron chi connectivity index (χ0n) is 11.3. The average Bonchev–Trinajstić information content (AvgIpc) is 2.32. The number of hydroxylamine groups is 1. The van der Waals surface area contributed by atoms with E-state index in [9.17, 15) is 0 Å². The summed E-state index contributed by atoms with van der Waals surface area (Å²) in [6, 6.07) is 0. The fourth-order valence-corrected chi connectivity index (χ4v) is 1.54. The Morgan fingerprint density at radius 1 is 1.12 bits per heavy atom. The van der Waals surface area contributed by atoms with Crippen LogP contribution >= 0.6 is 0 Å². The highest BCUT2D eigenvalue weighted by molar-refractivity contribution is 4.55. The smallest absolute Gasteiger partial charge is 0.0710 e. The quantitative estimate of drug-likeness (QED) is 0.413. The van der Waals surface area contributed by atoms with E-state index in [4.69, 9.17) is 9.57 Å². The van der Waals surface area contributed by atoms with Crippen molar-refractivity contribution in [1.82, 2.24) is 5.48 Å². The molecule has 0 aromatic carbocycles. The summed E-state index contributed by atoms with van der Waals surface area (Å²) in [5.74, 6) is 0.708. The van der Waals surface area contributed by atoms with Crippen molar-refractivity contribution in [3.05, 3.63) is 0 Å². The van der Waals surface area contributed by atoms with Crippen LogP contribution in [-0.2, 0) is 9.57 Å². The molecule has 0 aliphatic heterocycles. The number of rotatable bonds is 12. The van der Waals surface area contributed by atoms with Gasteiger partial charge in [-0.1, -0.05) is 33.1 Å². The third kappa shape index (κ3) is 10.4. The molecule has 0 rings (SSSR count). The lowest BCUT2D eigenvalue weighted by molar-refractivity contribution is 0.00950. The summed E-state index contributed by atoms with van der Waals surface area (Å²) < 4.78 is 5.24.